The molecule has 2 rings (SSSR count). The number of hydrogen-bond acceptors (Lipinski definition) is 3. The Morgan fingerprint density at radius 3 is 2.52 bits per heavy atom. The van der Waals surface area contributed by atoms with E-state index in [-0.39, 0.29) is 5.91 Å². The van der Waals surface area contributed by atoms with E-state index in [1.165, 1.54) is 0 Å². The van der Waals surface area contributed by atoms with Gasteiger partial charge in [0.05, 0.1) is 12.1 Å². The van der Waals surface area contributed by atoms with Gasteiger partial charge in [-0.15, -0.1) is 0 Å². The highest BCUT2D eigenvalue weighted by atomic mass is 16.5. The maximum Gasteiger partial charge on any atom is 0.272 e. The van der Waals surface area contributed by atoms with Crippen LogP contribution in [0.1, 0.15) is 48.4 Å². The molecule has 0 aliphatic rings. The van der Waals surface area contributed by atoms with Crippen molar-refractivity contribution in [1.29, 1.82) is 0 Å². The number of nitrogens with one attached hydrogen (secondary N) is 1. The van der Waals surface area contributed by atoms with Gasteiger partial charge < -0.3 is 10.1 Å². The predicted molar refractivity (Wildman–Crippen MR) is 90.4 cm³/mol. The highest BCUT2D eigenvalue weighted by molar-refractivity contribution is 5.93. The van der Waals surface area contributed by atoms with Crippen LogP contribution in [0.4, 0.5) is 0 Å². The predicted octanol–water partition coefficient (Wildman–Crippen LogP) is 2.84. The minimum absolute atomic E-state index is 0.198. The van der Waals surface area contributed by atoms with E-state index in [2.05, 4.69) is 24.3 Å². The highest BCUT2D eigenvalue weighted by Crippen LogP contribution is 2.22. The van der Waals surface area contributed by atoms with E-state index >= 15 is 0 Å². The molecule has 0 radical (unpaired) electrons. The lowest BCUT2D eigenvalue weighted by molar-refractivity contribution is 0.0780. The van der Waals surface area contributed by atoms with Crippen LogP contribution in [-0.4, -0.2) is 29.4 Å². The smallest absolute Gasteiger partial charge is 0.272 e. The lowest BCUT2D eigenvalue weighted by Crippen LogP contribution is -2.47. The Kier molecular flexibility index (Phi) is 5.21. The molecular formula is C18H25N3O2. The van der Waals surface area contributed by atoms with Crippen molar-refractivity contribution >= 4 is 5.91 Å². The van der Waals surface area contributed by atoms with Gasteiger partial charge >= 0.3 is 0 Å². The number of ether oxygens (including phenoxy) is 1. The lowest BCUT2D eigenvalue weighted by Gasteiger charge is -2.30. The Labute approximate surface area is 137 Å². The van der Waals surface area contributed by atoms with Crippen LogP contribution in [0.25, 0.3) is 0 Å². The van der Waals surface area contributed by atoms with Crippen molar-refractivity contribution in [2.24, 2.45) is 7.05 Å². The van der Waals surface area contributed by atoms with Crippen LogP contribution in [0.3, 0.4) is 0 Å². The van der Waals surface area contributed by atoms with Crippen LogP contribution >= 0.6 is 0 Å². The Hall–Kier alpha value is -2.14. The summed E-state index contributed by atoms with van der Waals surface area (Å²) in [5.74, 6) is 0.115. The first-order chi connectivity index (χ1) is 10.9. The zero-order valence-electron chi connectivity index (χ0n) is 14.5. The minimum atomic E-state index is -0.609. The third-order valence-corrected chi connectivity index (χ3v) is 3.97. The molecule has 1 aromatic heterocycles. The molecule has 1 heterocycles. The van der Waals surface area contributed by atoms with E-state index in [1.54, 1.807) is 11.8 Å². The number of rotatable bonds is 6. The molecule has 2 aromatic rings. The van der Waals surface area contributed by atoms with Crippen molar-refractivity contribution in [3.05, 3.63) is 53.3 Å². The molecule has 1 aromatic carbocycles. The second-order valence-electron chi connectivity index (χ2n) is 6.32. The third kappa shape index (κ3) is 3.79. The molecule has 1 N–H and O–H groups in total. The number of aryl methyl sites for hydroxylation is 1. The van der Waals surface area contributed by atoms with Crippen LogP contribution in [0.15, 0.2) is 36.4 Å². The van der Waals surface area contributed by atoms with Crippen LogP contribution in [0.5, 0.6) is 0 Å². The Morgan fingerprint density at radius 1 is 1.35 bits per heavy atom. The van der Waals surface area contributed by atoms with Gasteiger partial charge in [0.15, 0.2) is 0 Å². The van der Waals surface area contributed by atoms with Gasteiger partial charge in [0.25, 0.3) is 5.91 Å². The maximum atomic E-state index is 12.7. The summed E-state index contributed by atoms with van der Waals surface area (Å²) >= 11 is 0. The number of aromatic nitrogens is 2. The summed E-state index contributed by atoms with van der Waals surface area (Å²) in [4.78, 5) is 12.7. The topological polar surface area (TPSA) is 56.1 Å². The van der Waals surface area contributed by atoms with Crippen molar-refractivity contribution in [2.75, 3.05) is 13.7 Å². The second kappa shape index (κ2) is 6.96. The average molecular weight is 315 g/mol. The summed E-state index contributed by atoms with van der Waals surface area (Å²) in [5, 5.41) is 7.40. The van der Waals surface area contributed by atoms with Crippen molar-refractivity contribution in [3.8, 4) is 0 Å². The molecule has 1 amide bonds. The highest BCUT2D eigenvalue weighted by Gasteiger charge is 2.30. The molecule has 124 valence electrons. The molecule has 5 nitrogen and oxygen atoms in total. The fourth-order valence-electron chi connectivity index (χ4n) is 2.73. The van der Waals surface area contributed by atoms with Crippen molar-refractivity contribution in [3.63, 3.8) is 0 Å². The van der Waals surface area contributed by atoms with Gasteiger partial charge in [-0.05, 0) is 24.5 Å². The molecular weight excluding hydrogens is 290 g/mol. The van der Waals surface area contributed by atoms with Gasteiger partial charge in [-0.2, -0.15) is 5.10 Å². The number of nitrogens with zero attached hydrogens (tertiary/aromatic N) is 2. The van der Waals surface area contributed by atoms with Crippen molar-refractivity contribution in [2.45, 2.75) is 32.2 Å². The number of methoxy groups -OCH3 is 1. The summed E-state index contributed by atoms with van der Waals surface area (Å²) in [6.07, 6.45) is 0. The SMILES string of the molecule is COC[C@](C)(NC(=O)c1cc(C(C)C)n(C)n1)c1ccccc1. The van der Waals surface area contributed by atoms with Gasteiger partial charge in [0, 0.05) is 19.9 Å². The van der Waals surface area contributed by atoms with Gasteiger partial charge in [0.2, 0.25) is 0 Å². The number of amides is 1. The Bertz CT molecular complexity index is 664. The Balaban J connectivity index is 2.26. The van der Waals surface area contributed by atoms with Gasteiger partial charge in [-0.1, -0.05) is 44.2 Å². The van der Waals surface area contributed by atoms with Crippen LogP contribution in [0.2, 0.25) is 0 Å². The molecule has 0 bridgehead atoms. The van der Waals surface area contributed by atoms with Crippen molar-refractivity contribution < 1.29 is 9.53 Å². The standard InChI is InChI=1S/C18H25N3O2/c1-13(2)16-11-15(20-21(16)4)17(22)19-18(3,12-23-5)14-9-7-6-8-10-14/h6-11,13H,12H2,1-5H3,(H,19,22)/t18-/m0/s1. The van der Waals surface area contributed by atoms with Crippen molar-refractivity contribution in [1.82, 2.24) is 15.1 Å². The maximum absolute atomic E-state index is 12.7. The van der Waals surface area contributed by atoms with E-state index in [4.69, 9.17) is 4.74 Å². The lowest BCUT2D eigenvalue weighted by atomic mass is 9.92. The molecule has 5 heteroatoms. The number of carbonyl (C=O) groups excluding carboxylic acids is 1. The molecule has 0 aliphatic heterocycles. The second-order valence-corrected chi connectivity index (χ2v) is 6.32. The van der Waals surface area contributed by atoms with E-state index in [9.17, 15) is 4.79 Å². The fourth-order valence-corrected chi connectivity index (χ4v) is 2.73. The minimum Gasteiger partial charge on any atom is -0.382 e. The molecule has 0 aliphatic carbocycles. The van der Waals surface area contributed by atoms with Crippen LogP contribution in [0, 0.1) is 0 Å². The molecule has 0 spiro atoms. The normalized spacial score (nSPS) is 13.8. The number of hydrogen-bond donors (Lipinski definition) is 1. The fraction of sp³-hybridized carbons (Fsp3) is 0.444. The van der Waals surface area contributed by atoms with E-state index < -0.39 is 5.54 Å². The quantitative estimate of drug-likeness (QED) is 0.892. The van der Waals surface area contributed by atoms with Gasteiger partial charge in [-0.25, -0.2) is 0 Å². The molecule has 23 heavy (non-hydrogen) atoms. The van der Waals surface area contributed by atoms with E-state index in [0.29, 0.717) is 18.2 Å². The summed E-state index contributed by atoms with van der Waals surface area (Å²) in [6.45, 7) is 6.50. The average Bonchev–Trinajstić information content (AvgIpc) is 2.91. The monoisotopic (exact) mass is 315 g/mol. The number of benzene rings is 1. The number of carbonyl (C=O) groups is 1. The summed E-state index contributed by atoms with van der Waals surface area (Å²) < 4.78 is 7.08. The third-order valence-electron chi connectivity index (χ3n) is 3.97. The first kappa shape index (κ1) is 17.2. The first-order valence-corrected chi connectivity index (χ1v) is 7.78. The van der Waals surface area contributed by atoms with Gasteiger partial charge in [-0.3, -0.25) is 9.48 Å². The van der Waals surface area contributed by atoms with Crippen LogP contribution < -0.4 is 5.32 Å². The zero-order valence-corrected chi connectivity index (χ0v) is 14.5. The largest absolute Gasteiger partial charge is 0.382 e. The van der Waals surface area contributed by atoms with Crippen LogP contribution in [-0.2, 0) is 17.3 Å². The van der Waals surface area contributed by atoms with E-state index in [1.807, 2.05) is 50.4 Å². The molecule has 0 saturated carbocycles. The molecule has 1 atom stereocenters. The summed E-state index contributed by atoms with van der Waals surface area (Å²) in [7, 11) is 3.49. The summed E-state index contributed by atoms with van der Waals surface area (Å²) in [6, 6.07) is 11.7. The first-order valence-electron chi connectivity index (χ1n) is 7.78. The molecule has 0 saturated heterocycles. The van der Waals surface area contributed by atoms with Gasteiger partial charge in [0.1, 0.15) is 5.69 Å². The molecule has 0 unspecified atom stereocenters. The summed E-state index contributed by atoms with van der Waals surface area (Å²) in [5.41, 5.74) is 1.84. The zero-order chi connectivity index (χ0) is 17.0. The molecule has 0 fully saturated rings. The van der Waals surface area contributed by atoms with E-state index in [0.717, 1.165) is 11.3 Å². The Morgan fingerprint density at radius 2 is 2.00 bits per heavy atom.